The molecule has 0 aromatic heterocycles. The van der Waals surface area contributed by atoms with Crippen LogP contribution in [0.15, 0.2) is 42.5 Å². The maximum Gasteiger partial charge on any atom is 0.237 e. The van der Waals surface area contributed by atoms with E-state index in [1.165, 1.54) is 0 Å². The van der Waals surface area contributed by atoms with Crippen molar-refractivity contribution < 1.29 is 9.90 Å². The molecule has 2 unspecified atom stereocenters. The molecule has 1 fully saturated rings. The van der Waals surface area contributed by atoms with Gasteiger partial charge in [-0.2, -0.15) is 0 Å². The zero-order valence-electron chi connectivity index (χ0n) is 11.8. The van der Waals surface area contributed by atoms with Crippen LogP contribution in [0.1, 0.15) is 23.6 Å². The zero-order chi connectivity index (χ0) is 15.3. The minimum absolute atomic E-state index is 0.0212. The molecular weight excluding hydrogens is 300 g/mol. The summed E-state index contributed by atoms with van der Waals surface area (Å²) in [7, 11) is 0. The van der Waals surface area contributed by atoms with Crippen LogP contribution < -0.4 is 10.6 Å². The Bertz CT molecular complexity index is 777. The second-order valence-electron chi connectivity index (χ2n) is 5.82. The normalized spacial score (nSPS) is 26.2. The van der Waals surface area contributed by atoms with E-state index in [1.54, 1.807) is 12.1 Å². The van der Waals surface area contributed by atoms with Gasteiger partial charge in [-0.05, 0) is 42.3 Å². The first-order chi connectivity index (χ1) is 10.6. The molecular formula is C17H15ClN2O2. The molecule has 0 saturated carbocycles. The summed E-state index contributed by atoms with van der Waals surface area (Å²) in [5.41, 5.74) is 2.20. The largest absolute Gasteiger partial charge is 0.506 e. The molecule has 2 atom stereocenters. The molecule has 0 bridgehead atoms. The molecule has 4 rings (SSSR count). The van der Waals surface area contributed by atoms with Gasteiger partial charge in [-0.3, -0.25) is 4.79 Å². The van der Waals surface area contributed by atoms with Crippen molar-refractivity contribution in [2.45, 2.75) is 17.9 Å². The number of aromatic hydroxyl groups is 1. The van der Waals surface area contributed by atoms with E-state index in [4.69, 9.17) is 11.6 Å². The van der Waals surface area contributed by atoms with Crippen molar-refractivity contribution in [1.82, 2.24) is 5.32 Å². The van der Waals surface area contributed by atoms with Crippen molar-refractivity contribution in [3.05, 3.63) is 58.6 Å². The van der Waals surface area contributed by atoms with Gasteiger partial charge >= 0.3 is 0 Å². The lowest BCUT2D eigenvalue weighted by Gasteiger charge is -2.29. The molecule has 2 aliphatic heterocycles. The smallest absolute Gasteiger partial charge is 0.237 e. The van der Waals surface area contributed by atoms with Gasteiger partial charge in [-0.15, -0.1) is 0 Å². The molecule has 0 aliphatic carbocycles. The fraction of sp³-hybridized carbons (Fsp3) is 0.235. The first kappa shape index (κ1) is 13.6. The SMILES string of the molecule is O=C1Nc2ccccc2C12CCNC2c1ccc(O)c(Cl)c1. The summed E-state index contributed by atoms with van der Waals surface area (Å²) >= 11 is 6.05. The van der Waals surface area contributed by atoms with Gasteiger partial charge in [0.1, 0.15) is 5.75 Å². The number of hydrogen-bond donors (Lipinski definition) is 3. The molecule has 2 heterocycles. The summed E-state index contributed by atoms with van der Waals surface area (Å²) in [4.78, 5) is 12.8. The number of halogens is 1. The van der Waals surface area contributed by atoms with Crippen LogP contribution in [0, 0.1) is 0 Å². The Labute approximate surface area is 133 Å². The fourth-order valence-corrected chi connectivity index (χ4v) is 3.90. The lowest BCUT2D eigenvalue weighted by molar-refractivity contribution is -0.121. The Morgan fingerprint density at radius 1 is 1.23 bits per heavy atom. The van der Waals surface area contributed by atoms with Crippen molar-refractivity contribution in [3.8, 4) is 5.75 Å². The predicted molar refractivity (Wildman–Crippen MR) is 85.2 cm³/mol. The van der Waals surface area contributed by atoms with Gasteiger partial charge in [0, 0.05) is 5.69 Å². The molecule has 5 heteroatoms. The van der Waals surface area contributed by atoms with Crippen LogP contribution in [-0.2, 0) is 10.2 Å². The lowest BCUT2D eigenvalue weighted by Crippen LogP contribution is -2.39. The first-order valence-corrected chi connectivity index (χ1v) is 7.63. The summed E-state index contributed by atoms with van der Waals surface area (Å²) in [5, 5.41) is 16.3. The van der Waals surface area contributed by atoms with Gasteiger partial charge in [0.15, 0.2) is 0 Å². The number of amides is 1. The highest BCUT2D eigenvalue weighted by molar-refractivity contribution is 6.32. The number of nitrogens with one attached hydrogen (secondary N) is 2. The van der Waals surface area contributed by atoms with E-state index >= 15 is 0 Å². The van der Waals surface area contributed by atoms with Crippen LogP contribution in [0.3, 0.4) is 0 Å². The quantitative estimate of drug-likeness (QED) is 0.758. The first-order valence-electron chi connectivity index (χ1n) is 7.26. The van der Waals surface area contributed by atoms with Gasteiger partial charge in [0.2, 0.25) is 5.91 Å². The second-order valence-corrected chi connectivity index (χ2v) is 6.23. The minimum atomic E-state index is -0.614. The van der Waals surface area contributed by atoms with Crippen LogP contribution in [-0.4, -0.2) is 17.6 Å². The highest BCUT2D eigenvalue weighted by Gasteiger charge is 2.55. The summed E-state index contributed by atoms with van der Waals surface area (Å²) < 4.78 is 0. The molecule has 2 aromatic rings. The number of hydrogen-bond acceptors (Lipinski definition) is 3. The molecule has 3 N–H and O–H groups in total. The molecule has 112 valence electrons. The number of carbonyl (C=O) groups is 1. The molecule has 2 aliphatic rings. The van der Waals surface area contributed by atoms with E-state index < -0.39 is 5.41 Å². The van der Waals surface area contributed by atoms with Crippen LogP contribution >= 0.6 is 11.6 Å². The van der Waals surface area contributed by atoms with E-state index in [2.05, 4.69) is 10.6 Å². The molecule has 4 nitrogen and oxygen atoms in total. The monoisotopic (exact) mass is 314 g/mol. The number of benzene rings is 2. The number of fused-ring (bicyclic) bond motifs is 2. The Morgan fingerprint density at radius 3 is 2.86 bits per heavy atom. The third-order valence-corrected chi connectivity index (χ3v) is 5.03. The number of para-hydroxylation sites is 1. The average Bonchev–Trinajstić information content (AvgIpc) is 3.07. The van der Waals surface area contributed by atoms with E-state index in [9.17, 15) is 9.90 Å². The molecule has 1 spiro atoms. The van der Waals surface area contributed by atoms with E-state index in [1.807, 2.05) is 30.3 Å². The molecule has 1 saturated heterocycles. The van der Waals surface area contributed by atoms with Crippen molar-refractivity contribution >= 4 is 23.2 Å². The maximum absolute atomic E-state index is 12.8. The second kappa shape index (κ2) is 4.73. The summed E-state index contributed by atoms with van der Waals surface area (Å²) in [6.07, 6.45) is 0.735. The van der Waals surface area contributed by atoms with Gasteiger partial charge in [-0.25, -0.2) is 0 Å². The lowest BCUT2D eigenvalue weighted by atomic mass is 9.73. The Morgan fingerprint density at radius 2 is 2.05 bits per heavy atom. The Balaban J connectivity index is 1.87. The highest BCUT2D eigenvalue weighted by Crippen LogP contribution is 2.51. The van der Waals surface area contributed by atoms with Gasteiger partial charge in [0.05, 0.1) is 16.5 Å². The third-order valence-electron chi connectivity index (χ3n) is 4.73. The van der Waals surface area contributed by atoms with Crippen LogP contribution in [0.25, 0.3) is 0 Å². The van der Waals surface area contributed by atoms with Crippen molar-refractivity contribution in [2.75, 3.05) is 11.9 Å². The van der Waals surface area contributed by atoms with Gasteiger partial charge < -0.3 is 15.7 Å². The van der Waals surface area contributed by atoms with Gasteiger partial charge in [0.25, 0.3) is 0 Å². The molecule has 22 heavy (non-hydrogen) atoms. The highest BCUT2D eigenvalue weighted by atomic mass is 35.5. The predicted octanol–water partition coefficient (Wildman–Crippen LogP) is 2.97. The Kier molecular flexibility index (Phi) is 2.93. The molecule has 0 radical (unpaired) electrons. The summed E-state index contributed by atoms with van der Waals surface area (Å²) in [6.45, 7) is 0.755. The topological polar surface area (TPSA) is 61.4 Å². The van der Waals surface area contributed by atoms with Crippen molar-refractivity contribution in [3.63, 3.8) is 0 Å². The summed E-state index contributed by atoms with van der Waals surface area (Å²) in [5.74, 6) is 0.0710. The third kappa shape index (κ3) is 1.71. The zero-order valence-corrected chi connectivity index (χ0v) is 12.5. The number of anilines is 1. The van der Waals surface area contributed by atoms with E-state index in [0.29, 0.717) is 5.02 Å². The van der Waals surface area contributed by atoms with Crippen molar-refractivity contribution in [2.24, 2.45) is 0 Å². The summed E-state index contributed by atoms with van der Waals surface area (Å²) in [6, 6.07) is 12.8. The molecule has 1 amide bonds. The fourth-order valence-electron chi connectivity index (χ4n) is 3.71. The van der Waals surface area contributed by atoms with E-state index in [0.717, 1.165) is 29.8 Å². The average molecular weight is 315 g/mol. The van der Waals surface area contributed by atoms with Crippen LogP contribution in [0.2, 0.25) is 5.02 Å². The van der Waals surface area contributed by atoms with Crippen molar-refractivity contribution in [1.29, 1.82) is 0 Å². The Hall–Kier alpha value is -2.04. The van der Waals surface area contributed by atoms with E-state index in [-0.39, 0.29) is 17.7 Å². The van der Waals surface area contributed by atoms with Crippen LogP contribution in [0.5, 0.6) is 5.75 Å². The minimum Gasteiger partial charge on any atom is -0.506 e. The number of phenols is 1. The van der Waals surface area contributed by atoms with Crippen LogP contribution in [0.4, 0.5) is 5.69 Å². The number of carbonyl (C=O) groups excluding carboxylic acids is 1. The molecule has 2 aromatic carbocycles. The van der Waals surface area contributed by atoms with Gasteiger partial charge in [-0.1, -0.05) is 35.9 Å². The maximum atomic E-state index is 12.8. The number of phenolic OH excluding ortho intramolecular Hbond substituents is 1. The number of rotatable bonds is 1. The standard InChI is InChI=1S/C17H15ClN2O2/c18-12-9-10(5-6-14(12)21)15-17(7-8-19-15)11-3-1-2-4-13(11)20-16(17)22/h1-6,9,15,19,21H,7-8H2,(H,20,22).